The molecule has 0 saturated carbocycles. The van der Waals surface area contributed by atoms with Gasteiger partial charge in [-0.05, 0) is 6.42 Å². The summed E-state index contributed by atoms with van der Waals surface area (Å²) in [6.45, 7) is 0.214. The molecule has 0 aliphatic heterocycles. The predicted molar refractivity (Wildman–Crippen MR) is 67.3 cm³/mol. The molecule has 5 N–H and O–H groups in total. The predicted octanol–water partition coefficient (Wildman–Crippen LogP) is -0.339. The minimum atomic E-state index is -1.22. The summed E-state index contributed by atoms with van der Waals surface area (Å²) in [5.74, 6) is -1.83. The number of amides is 3. The average molecular weight is 286 g/mol. The van der Waals surface area contributed by atoms with E-state index in [0.717, 1.165) is 0 Å². The zero-order valence-corrected chi connectivity index (χ0v) is 10.8. The second-order valence-corrected chi connectivity index (χ2v) is 4.63. The maximum Gasteiger partial charge on any atom is 0.326 e. The number of carbonyl (C=O) groups is 3. The van der Waals surface area contributed by atoms with Gasteiger partial charge in [-0.1, -0.05) is 0 Å². The number of nitrogens with two attached hydrogens (primary N) is 1. The molecule has 0 aliphatic rings. The van der Waals surface area contributed by atoms with Crippen molar-refractivity contribution >= 4 is 29.2 Å². The molecule has 0 fully saturated rings. The van der Waals surface area contributed by atoms with E-state index in [1.54, 1.807) is 11.6 Å². The second kappa shape index (κ2) is 7.31. The lowest BCUT2D eigenvalue weighted by Gasteiger charge is -2.13. The summed E-state index contributed by atoms with van der Waals surface area (Å²) in [6, 6.07) is -1.78. The number of carboxylic acids is 1. The average Bonchev–Trinajstić information content (AvgIpc) is 2.84. The summed E-state index contributed by atoms with van der Waals surface area (Å²) in [5.41, 5.74) is 4.93. The van der Waals surface area contributed by atoms with E-state index in [2.05, 4.69) is 15.6 Å². The topological polar surface area (TPSA) is 134 Å². The van der Waals surface area contributed by atoms with Crippen LogP contribution >= 0.6 is 11.3 Å². The van der Waals surface area contributed by atoms with Crippen LogP contribution in [0.25, 0.3) is 0 Å². The first kappa shape index (κ1) is 14.9. The van der Waals surface area contributed by atoms with Crippen molar-refractivity contribution in [3.05, 3.63) is 16.6 Å². The highest BCUT2D eigenvalue weighted by molar-refractivity contribution is 7.09. The fraction of sp³-hybridized carbons (Fsp3) is 0.400. The highest BCUT2D eigenvalue weighted by Crippen LogP contribution is 2.02. The Balaban J connectivity index is 2.38. The Morgan fingerprint density at radius 3 is 2.74 bits per heavy atom. The van der Waals surface area contributed by atoms with Gasteiger partial charge in [-0.25, -0.2) is 14.6 Å². The standard InChI is InChI=1S/C10H14N4O4S/c11-7(15)2-1-6(9(16)17)14-10(18)13-5-8-12-3-4-19-8/h3-4,6H,1-2,5H2,(H2,11,15)(H,16,17)(H2,13,14,18). The fourth-order valence-corrected chi connectivity index (χ4v) is 1.81. The van der Waals surface area contributed by atoms with Crippen LogP contribution in [0.1, 0.15) is 17.8 Å². The van der Waals surface area contributed by atoms with Crippen molar-refractivity contribution in [1.82, 2.24) is 15.6 Å². The van der Waals surface area contributed by atoms with Crippen LogP contribution < -0.4 is 16.4 Å². The molecule has 1 aromatic rings. The van der Waals surface area contributed by atoms with Crippen molar-refractivity contribution in [2.45, 2.75) is 25.4 Å². The number of nitrogens with one attached hydrogen (secondary N) is 2. The van der Waals surface area contributed by atoms with Gasteiger partial charge in [0.15, 0.2) is 0 Å². The van der Waals surface area contributed by atoms with Crippen LogP contribution in [0.4, 0.5) is 4.79 Å². The third-order valence-electron chi connectivity index (χ3n) is 2.17. The summed E-state index contributed by atoms with van der Waals surface area (Å²) >= 11 is 1.37. The van der Waals surface area contributed by atoms with E-state index in [9.17, 15) is 14.4 Å². The van der Waals surface area contributed by atoms with Gasteiger partial charge < -0.3 is 21.5 Å². The number of urea groups is 1. The van der Waals surface area contributed by atoms with Gasteiger partial charge in [-0.2, -0.15) is 0 Å². The van der Waals surface area contributed by atoms with Gasteiger partial charge >= 0.3 is 12.0 Å². The second-order valence-electron chi connectivity index (χ2n) is 3.65. The normalized spacial score (nSPS) is 11.6. The minimum Gasteiger partial charge on any atom is -0.480 e. The van der Waals surface area contributed by atoms with Gasteiger partial charge in [0.1, 0.15) is 11.0 Å². The molecule has 0 aromatic carbocycles. The number of thiazole rings is 1. The van der Waals surface area contributed by atoms with Gasteiger partial charge in [0.05, 0.1) is 6.54 Å². The summed E-state index contributed by atoms with van der Waals surface area (Å²) in [6.07, 6.45) is 1.45. The number of primary amides is 1. The van der Waals surface area contributed by atoms with Crippen molar-refractivity contribution in [3.8, 4) is 0 Å². The highest BCUT2D eigenvalue weighted by Gasteiger charge is 2.20. The van der Waals surface area contributed by atoms with Gasteiger partial charge in [0.25, 0.3) is 0 Å². The molecule has 8 nitrogen and oxygen atoms in total. The molecule has 0 aliphatic carbocycles. The van der Waals surface area contributed by atoms with E-state index in [-0.39, 0.29) is 19.4 Å². The third kappa shape index (κ3) is 5.82. The molecule has 0 spiro atoms. The van der Waals surface area contributed by atoms with Gasteiger partial charge in [-0.3, -0.25) is 4.79 Å². The van der Waals surface area contributed by atoms with Gasteiger partial charge in [-0.15, -0.1) is 11.3 Å². The Labute approximate surface area is 113 Å². The molecule has 1 aromatic heterocycles. The van der Waals surface area contributed by atoms with E-state index in [1.807, 2.05) is 0 Å². The molecule has 0 bridgehead atoms. The van der Waals surface area contributed by atoms with Gasteiger partial charge in [0, 0.05) is 18.0 Å². The fourth-order valence-electron chi connectivity index (χ4n) is 1.25. The summed E-state index contributed by atoms with van der Waals surface area (Å²) in [4.78, 5) is 36.9. The van der Waals surface area contributed by atoms with Crippen LogP contribution in [0, 0.1) is 0 Å². The lowest BCUT2D eigenvalue weighted by Crippen LogP contribution is -2.46. The van der Waals surface area contributed by atoms with Crippen molar-refractivity contribution in [3.63, 3.8) is 0 Å². The highest BCUT2D eigenvalue weighted by atomic mass is 32.1. The number of carbonyl (C=O) groups excluding carboxylic acids is 2. The zero-order valence-electron chi connectivity index (χ0n) is 9.96. The number of hydrogen-bond acceptors (Lipinski definition) is 5. The van der Waals surface area contributed by atoms with Crippen LogP contribution in [-0.4, -0.2) is 34.0 Å². The molecule has 9 heteroatoms. The molecule has 3 amide bonds. The Morgan fingerprint density at radius 1 is 1.47 bits per heavy atom. The molecular formula is C10H14N4O4S. The van der Waals surface area contributed by atoms with Crippen molar-refractivity contribution < 1.29 is 19.5 Å². The maximum absolute atomic E-state index is 11.5. The summed E-state index contributed by atoms with van der Waals surface area (Å²) in [7, 11) is 0. The smallest absolute Gasteiger partial charge is 0.326 e. The first-order valence-electron chi connectivity index (χ1n) is 5.43. The number of rotatable bonds is 7. The number of nitrogens with zero attached hydrogens (tertiary/aromatic N) is 1. The Hall–Kier alpha value is -2.16. The van der Waals surface area contributed by atoms with Crippen LogP contribution in [0.3, 0.4) is 0 Å². The molecule has 19 heavy (non-hydrogen) atoms. The van der Waals surface area contributed by atoms with E-state index in [1.165, 1.54) is 11.3 Å². The molecule has 1 heterocycles. The lowest BCUT2D eigenvalue weighted by molar-refractivity contribution is -0.139. The quantitative estimate of drug-likeness (QED) is 0.544. The Kier molecular flexibility index (Phi) is 5.73. The van der Waals surface area contributed by atoms with Crippen molar-refractivity contribution in [1.29, 1.82) is 0 Å². The van der Waals surface area contributed by atoms with E-state index >= 15 is 0 Å². The van der Waals surface area contributed by atoms with Crippen molar-refractivity contribution in [2.75, 3.05) is 0 Å². The first-order valence-corrected chi connectivity index (χ1v) is 6.31. The molecule has 104 valence electrons. The number of aromatic nitrogens is 1. The monoisotopic (exact) mass is 286 g/mol. The van der Waals surface area contributed by atoms with Gasteiger partial charge in [0.2, 0.25) is 5.91 Å². The summed E-state index contributed by atoms with van der Waals surface area (Å²) < 4.78 is 0. The van der Waals surface area contributed by atoms with E-state index in [4.69, 9.17) is 10.8 Å². The molecular weight excluding hydrogens is 272 g/mol. The SMILES string of the molecule is NC(=O)CCC(NC(=O)NCc1nccs1)C(=O)O. The van der Waals surface area contributed by atoms with Crippen molar-refractivity contribution in [2.24, 2.45) is 5.73 Å². The number of aliphatic carboxylic acids is 1. The largest absolute Gasteiger partial charge is 0.480 e. The Bertz CT molecular complexity index is 448. The summed E-state index contributed by atoms with van der Waals surface area (Å²) in [5, 5.41) is 16.1. The van der Waals surface area contributed by atoms with Crippen LogP contribution in [0.2, 0.25) is 0 Å². The van der Waals surface area contributed by atoms with Crippen LogP contribution in [0.15, 0.2) is 11.6 Å². The molecule has 1 unspecified atom stereocenters. The first-order chi connectivity index (χ1) is 8.99. The minimum absolute atomic E-state index is 0.0463. The Morgan fingerprint density at radius 2 is 2.21 bits per heavy atom. The zero-order chi connectivity index (χ0) is 14.3. The van der Waals surface area contributed by atoms with E-state index in [0.29, 0.717) is 5.01 Å². The number of hydrogen-bond donors (Lipinski definition) is 4. The third-order valence-corrected chi connectivity index (χ3v) is 2.95. The molecule has 1 atom stereocenters. The van der Waals surface area contributed by atoms with E-state index < -0.39 is 23.9 Å². The number of carboxylic acid groups (broad SMARTS) is 1. The molecule has 0 radical (unpaired) electrons. The van der Waals surface area contributed by atoms with Crippen LogP contribution in [-0.2, 0) is 16.1 Å². The molecule has 0 saturated heterocycles. The lowest BCUT2D eigenvalue weighted by atomic mass is 10.1. The molecule has 1 rings (SSSR count). The van der Waals surface area contributed by atoms with Crippen LogP contribution in [0.5, 0.6) is 0 Å². The maximum atomic E-state index is 11.5.